The van der Waals surface area contributed by atoms with Crippen molar-refractivity contribution in [3.05, 3.63) is 5.38 Å². The van der Waals surface area contributed by atoms with Crippen LogP contribution in [0.25, 0.3) is 0 Å². The van der Waals surface area contributed by atoms with E-state index in [0.717, 1.165) is 36.0 Å². The smallest absolute Gasteiger partial charge is 0.221 e. The van der Waals surface area contributed by atoms with Crippen molar-refractivity contribution < 1.29 is 14.2 Å². The fraction of sp³-hybridized carbons (Fsp3) is 0.667. The Morgan fingerprint density at radius 3 is 2.44 bits per heavy atom. The second kappa shape index (κ2) is 7.39. The van der Waals surface area contributed by atoms with Crippen molar-refractivity contribution in [1.29, 1.82) is 0 Å². The summed E-state index contributed by atoms with van der Waals surface area (Å²) in [7, 11) is 0. The molecule has 92 valence electrons. The summed E-state index contributed by atoms with van der Waals surface area (Å²) in [5.41, 5.74) is 0. The van der Waals surface area contributed by atoms with Crippen LogP contribution in [-0.4, -0.2) is 19.8 Å². The molecule has 0 amide bonds. The van der Waals surface area contributed by atoms with Crippen molar-refractivity contribution in [2.75, 3.05) is 19.8 Å². The van der Waals surface area contributed by atoms with Crippen molar-refractivity contribution >= 4 is 11.3 Å². The van der Waals surface area contributed by atoms with Crippen molar-refractivity contribution in [3.8, 4) is 16.6 Å². The van der Waals surface area contributed by atoms with E-state index in [1.165, 1.54) is 11.3 Å². The van der Waals surface area contributed by atoms with Gasteiger partial charge in [0.05, 0.1) is 19.8 Å². The highest BCUT2D eigenvalue weighted by Gasteiger charge is 2.15. The molecule has 0 saturated carbocycles. The maximum Gasteiger partial charge on any atom is 0.221 e. The van der Waals surface area contributed by atoms with E-state index in [9.17, 15) is 0 Å². The number of unbranched alkanes of at least 4 members (excludes halogenated alkanes) is 1. The van der Waals surface area contributed by atoms with Gasteiger partial charge in [0.2, 0.25) is 10.8 Å². The Labute approximate surface area is 101 Å². The molecular weight excluding hydrogens is 224 g/mol. The predicted octanol–water partition coefficient (Wildman–Crippen LogP) is 3.72. The highest BCUT2D eigenvalue weighted by atomic mass is 32.1. The standard InChI is InChI=1S/C12H20O3S/c1-4-7-8-15-10-9-16-12(14-6-3)11(10)13-5-2/h9H,4-8H2,1-3H3. The van der Waals surface area contributed by atoms with Gasteiger partial charge in [-0.05, 0) is 20.3 Å². The van der Waals surface area contributed by atoms with Crippen LogP contribution in [-0.2, 0) is 0 Å². The molecule has 0 aliphatic carbocycles. The van der Waals surface area contributed by atoms with Gasteiger partial charge in [-0.3, -0.25) is 0 Å². The maximum absolute atomic E-state index is 5.66. The summed E-state index contributed by atoms with van der Waals surface area (Å²) >= 11 is 1.53. The van der Waals surface area contributed by atoms with Crippen molar-refractivity contribution in [1.82, 2.24) is 0 Å². The minimum Gasteiger partial charge on any atom is -0.489 e. The average Bonchev–Trinajstić information content (AvgIpc) is 2.64. The molecule has 0 aromatic carbocycles. The molecule has 0 N–H and O–H groups in total. The molecule has 0 atom stereocenters. The third-order valence-corrected chi connectivity index (χ3v) is 2.85. The fourth-order valence-corrected chi connectivity index (χ4v) is 2.09. The van der Waals surface area contributed by atoms with Crippen LogP contribution < -0.4 is 14.2 Å². The number of hydrogen-bond donors (Lipinski definition) is 0. The number of rotatable bonds is 8. The lowest BCUT2D eigenvalue weighted by Gasteiger charge is -2.09. The summed E-state index contributed by atoms with van der Waals surface area (Å²) in [6.45, 7) is 8.08. The molecule has 0 spiro atoms. The van der Waals surface area contributed by atoms with Crippen molar-refractivity contribution in [2.24, 2.45) is 0 Å². The Balaban J connectivity index is 2.66. The lowest BCUT2D eigenvalue weighted by Crippen LogP contribution is -2.00. The SMILES string of the molecule is CCCCOc1csc(OCC)c1OCC. The molecule has 4 heteroatoms. The molecule has 0 aliphatic rings. The zero-order valence-corrected chi connectivity index (χ0v) is 11.1. The molecule has 1 rings (SSSR count). The Morgan fingerprint density at radius 2 is 1.81 bits per heavy atom. The van der Waals surface area contributed by atoms with Crippen LogP contribution in [0.5, 0.6) is 16.6 Å². The third kappa shape index (κ3) is 3.59. The topological polar surface area (TPSA) is 27.7 Å². The van der Waals surface area contributed by atoms with Crippen LogP contribution in [0.4, 0.5) is 0 Å². The van der Waals surface area contributed by atoms with Gasteiger partial charge >= 0.3 is 0 Å². The van der Waals surface area contributed by atoms with E-state index in [1.54, 1.807) is 0 Å². The van der Waals surface area contributed by atoms with Crippen LogP contribution in [0.3, 0.4) is 0 Å². The molecule has 3 nitrogen and oxygen atoms in total. The lowest BCUT2D eigenvalue weighted by molar-refractivity contribution is 0.259. The first-order valence-electron chi connectivity index (χ1n) is 5.83. The Hall–Kier alpha value is -0.900. The second-order valence-corrected chi connectivity index (χ2v) is 4.13. The van der Waals surface area contributed by atoms with E-state index >= 15 is 0 Å². The lowest BCUT2D eigenvalue weighted by atomic mass is 10.4. The molecule has 16 heavy (non-hydrogen) atoms. The summed E-state index contributed by atoms with van der Waals surface area (Å²) in [6.07, 6.45) is 2.19. The van der Waals surface area contributed by atoms with Crippen LogP contribution in [0.1, 0.15) is 33.6 Å². The van der Waals surface area contributed by atoms with E-state index in [1.807, 2.05) is 19.2 Å². The van der Waals surface area contributed by atoms with E-state index in [2.05, 4.69) is 6.92 Å². The van der Waals surface area contributed by atoms with E-state index in [4.69, 9.17) is 14.2 Å². The Kier molecular flexibility index (Phi) is 6.08. The molecule has 0 bridgehead atoms. The van der Waals surface area contributed by atoms with E-state index < -0.39 is 0 Å². The van der Waals surface area contributed by atoms with Crippen LogP contribution >= 0.6 is 11.3 Å². The molecule has 0 aliphatic heterocycles. The molecule has 0 fully saturated rings. The van der Waals surface area contributed by atoms with Crippen LogP contribution in [0.15, 0.2) is 5.38 Å². The first kappa shape index (κ1) is 13.2. The zero-order chi connectivity index (χ0) is 11.8. The molecule has 0 saturated heterocycles. The average molecular weight is 244 g/mol. The number of ether oxygens (including phenoxy) is 3. The van der Waals surface area contributed by atoms with Gasteiger partial charge in [-0.25, -0.2) is 0 Å². The van der Waals surface area contributed by atoms with Crippen molar-refractivity contribution in [2.45, 2.75) is 33.6 Å². The highest BCUT2D eigenvalue weighted by molar-refractivity contribution is 7.12. The highest BCUT2D eigenvalue weighted by Crippen LogP contribution is 2.43. The normalized spacial score (nSPS) is 10.2. The monoisotopic (exact) mass is 244 g/mol. The fourth-order valence-electron chi connectivity index (χ4n) is 1.25. The summed E-state index contributed by atoms with van der Waals surface area (Å²) in [5, 5.41) is 2.77. The molecule has 0 unspecified atom stereocenters. The number of hydrogen-bond acceptors (Lipinski definition) is 4. The van der Waals surface area contributed by atoms with Gasteiger partial charge < -0.3 is 14.2 Å². The van der Waals surface area contributed by atoms with Crippen LogP contribution in [0.2, 0.25) is 0 Å². The molecule has 0 radical (unpaired) electrons. The van der Waals surface area contributed by atoms with Gasteiger partial charge in [-0.15, -0.1) is 0 Å². The quantitative estimate of drug-likeness (QED) is 0.652. The minimum atomic E-state index is 0.626. The van der Waals surface area contributed by atoms with E-state index in [0.29, 0.717) is 13.2 Å². The van der Waals surface area contributed by atoms with Gasteiger partial charge in [-0.1, -0.05) is 24.7 Å². The van der Waals surface area contributed by atoms with Gasteiger partial charge in [-0.2, -0.15) is 0 Å². The second-order valence-electron chi connectivity index (χ2n) is 3.28. The third-order valence-electron chi connectivity index (χ3n) is 2.00. The summed E-state index contributed by atoms with van der Waals surface area (Å²) in [4.78, 5) is 0. The Morgan fingerprint density at radius 1 is 1.06 bits per heavy atom. The van der Waals surface area contributed by atoms with E-state index in [-0.39, 0.29) is 0 Å². The number of thiophene rings is 1. The van der Waals surface area contributed by atoms with Gasteiger partial charge in [0.15, 0.2) is 5.75 Å². The van der Waals surface area contributed by atoms with Crippen molar-refractivity contribution in [3.63, 3.8) is 0 Å². The Bertz CT molecular complexity index is 296. The van der Waals surface area contributed by atoms with Gasteiger partial charge in [0.25, 0.3) is 0 Å². The predicted molar refractivity (Wildman–Crippen MR) is 67.1 cm³/mol. The molecule has 1 heterocycles. The first-order chi connectivity index (χ1) is 7.83. The summed E-state index contributed by atoms with van der Waals surface area (Å²) < 4.78 is 16.7. The largest absolute Gasteiger partial charge is 0.489 e. The molecule has 1 aromatic heterocycles. The molecule has 1 aromatic rings. The summed E-state index contributed by atoms with van der Waals surface area (Å²) in [5.74, 6) is 1.56. The zero-order valence-electron chi connectivity index (χ0n) is 10.2. The summed E-state index contributed by atoms with van der Waals surface area (Å²) in [6, 6.07) is 0. The minimum absolute atomic E-state index is 0.626. The first-order valence-corrected chi connectivity index (χ1v) is 6.71. The van der Waals surface area contributed by atoms with Gasteiger partial charge in [0.1, 0.15) is 0 Å². The van der Waals surface area contributed by atoms with Crippen LogP contribution in [0, 0.1) is 0 Å². The maximum atomic E-state index is 5.66. The van der Waals surface area contributed by atoms with Gasteiger partial charge in [0, 0.05) is 5.38 Å². The molecular formula is C12H20O3S.